The van der Waals surface area contributed by atoms with Crippen LogP contribution in [0.4, 0.5) is 4.79 Å². The van der Waals surface area contributed by atoms with Gasteiger partial charge in [-0.05, 0) is 56.9 Å². The first-order chi connectivity index (χ1) is 21.5. The number of amides is 1. The summed E-state index contributed by atoms with van der Waals surface area (Å²) < 4.78 is 24.1. The second kappa shape index (κ2) is 14.7. The molecule has 0 bridgehead atoms. The van der Waals surface area contributed by atoms with Gasteiger partial charge in [-0.15, -0.1) is 0 Å². The van der Waals surface area contributed by atoms with Crippen LogP contribution < -0.4 is 14.8 Å². The largest absolute Gasteiger partial charge is 0.493 e. The van der Waals surface area contributed by atoms with E-state index in [1.807, 2.05) is 12.1 Å². The smallest absolute Gasteiger partial charge is 0.407 e. The lowest BCUT2D eigenvalue weighted by atomic mass is 10.0. The molecule has 0 radical (unpaired) electrons. The van der Waals surface area contributed by atoms with Gasteiger partial charge in [0.2, 0.25) is 0 Å². The molecule has 0 aliphatic heterocycles. The minimum atomic E-state index is -0.646. The van der Waals surface area contributed by atoms with Gasteiger partial charge in [0.05, 0.1) is 37.7 Å². The van der Waals surface area contributed by atoms with Crippen molar-refractivity contribution in [3.05, 3.63) is 77.9 Å². The van der Waals surface area contributed by atoms with Gasteiger partial charge in [-0.1, -0.05) is 38.1 Å². The maximum atomic E-state index is 13.4. The lowest BCUT2D eigenvalue weighted by molar-refractivity contribution is 0.0512. The Morgan fingerprint density at radius 3 is 2.36 bits per heavy atom. The SMILES string of the molecule is CCOC(=O)c1c(-c2cc(OC)c(OCc3ccc(C(C)C)cc3)cn2)c(-c2ccncc2)nn1CCNC(=O)OC(C)(C)C. The van der Waals surface area contributed by atoms with Gasteiger partial charge < -0.3 is 24.3 Å². The van der Waals surface area contributed by atoms with Crippen molar-refractivity contribution in [3.63, 3.8) is 0 Å². The average molecular weight is 616 g/mol. The van der Waals surface area contributed by atoms with Gasteiger partial charge in [-0.2, -0.15) is 5.10 Å². The number of carbonyl (C=O) groups excluding carboxylic acids is 2. The molecule has 3 heterocycles. The fourth-order valence-electron chi connectivity index (χ4n) is 4.55. The van der Waals surface area contributed by atoms with Crippen molar-refractivity contribution in [1.29, 1.82) is 0 Å². The van der Waals surface area contributed by atoms with Crippen molar-refractivity contribution in [2.75, 3.05) is 20.3 Å². The molecule has 1 amide bonds. The first kappa shape index (κ1) is 33.0. The Morgan fingerprint density at radius 1 is 1.02 bits per heavy atom. The highest BCUT2D eigenvalue weighted by molar-refractivity contribution is 5.99. The molecule has 0 saturated heterocycles. The van der Waals surface area contributed by atoms with E-state index < -0.39 is 17.7 Å². The highest BCUT2D eigenvalue weighted by atomic mass is 16.6. The molecule has 3 aromatic heterocycles. The topological polar surface area (TPSA) is 127 Å². The van der Waals surface area contributed by atoms with E-state index in [0.29, 0.717) is 41.0 Å². The van der Waals surface area contributed by atoms with Gasteiger partial charge in [-0.25, -0.2) is 9.59 Å². The Kier molecular flexibility index (Phi) is 10.8. The van der Waals surface area contributed by atoms with Crippen LogP contribution in [0.5, 0.6) is 11.5 Å². The number of benzene rings is 1. The van der Waals surface area contributed by atoms with Crippen LogP contribution in [0.3, 0.4) is 0 Å². The Hall–Kier alpha value is -4.93. The quantitative estimate of drug-likeness (QED) is 0.180. The van der Waals surface area contributed by atoms with E-state index in [-0.39, 0.29) is 25.4 Å². The summed E-state index contributed by atoms with van der Waals surface area (Å²) in [6.45, 7) is 12.2. The van der Waals surface area contributed by atoms with Crippen LogP contribution in [0.25, 0.3) is 22.5 Å². The Labute approximate surface area is 263 Å². The van der Waals surface area contributed by atoms with Crippen molar-refractivity contribution in [2.24, 2.45) is 0 Å². The van der Waals surface area contributed by atoms with Gasteiger partial charge in [0, 0.05) is 30.6 Å². The van der Waals surface area contributed by atoms with E-state index in [1.165, 1.54) is 10.2 Å². The fourth-order valence-corrected chi connectivity index (χ4v) is 4.55. The molecular formula is C34H41N5O6. The summed E-state index contributed by atoms with van der Waals surface area (Å²) >= 11 is 0. The zero-order chi connectivity index (χ0) is 32.6. The van der Waals surface area contributed by atoms with Crippen molar-refractivity contribution >= 4 is 12.1 Å². The first-order valence-electron chi connectivity index (χ1n) is 14.9. The molecule has 0 saturated carbocycles. The van der Waals surface area contributed by atoms with Gasteiger partial charge in [-0.3, -0.25) is 14.6 Å². The summed E-state index contributed by atoms with van der Waals surface area (Å²) in [5.41, 5.74) is 3.90. The monoisotopic (exact) mass is 615 g/mol. The zero-order valence-electron chi connectivity index (χ0n) is 26.9. The van der Waals surface area contributed by atoms with Gasteiger partial charge in [0.15, 0.2) is 17.2 Å². The number of alkyl carbamates (subject to hydrolysis) is 1. The standard InChI is InChI=1S/C34H41N5O6/c1-8-43-32(40)31-29(26-19-27(42-7)28(20-37-26)44-21-23-9-11-24(12-10-23)22(2)3)30(25-13-15-35-16-14-25)38-39(31)18-17-36-33(41)45-34(4,5)6/h9-16,19-20,22H,8,17-18,21H2,1-7H3,(H,36,41). The molecule has 0 spiro atoms. The average Bonchev–Trinajstić information content (AvgIpc) is 3.39. The third-order valence-electron chi connectivity index (χ3n) is 6.72. The van der Waals surface area contributed by atoms with Crippen LogP contribution in [0.2, 0.25) is 0 Å². The van der Waals surface area contributed by atoms with Crippen LogP contribution in [0.1, 0.15) is 69.1 Å². The number of pyridine rings is 2. The van der Waals surface area contributed by atoms with Crippen LogP contribution in [-0.2, 0) is 22.6 Å². The molecule has 4 rings (SSSR count). The van der Waals surface area contributed by atoms with E-state index in [0.717, 1.165) is 11.1 Å². The summed E-state index contributed by atoms with van der Waals surface area (Å²) in [5, 5.41) is 7.51. The first-order valence-corrected chi connectivity index (χ1v) is 14.9. The number of ether oxygens (including phenoxy) is 4. The minimum absolute atomic E-state index is 0.153. The fraction of sp³-hybridized carbons (Fsp3) is 0.382. The van der Waals surface area contributed by atoms with Crippen molar-refractivity contribution in [1.82, 2.24) is 25.1 Å². The highest BCUT2D eigenvalue weighted by Crippen LogP contribution is 2.38. The van der Waals surface area contributed by atoms with Crippen LogP contribution in [-0.4, -0.2) is 57.7 Å². The Morgan fingerprint density at radius 2 is 1.73 bits per heavy atom. The summed E-state index contributed by atoms with van der Waals surface area (Å²) in [6, 6.07) is 13.6. The molecule has 0 aliphatic rings. The second-order valence-corrected chi connectivity index (χ2v) is 11.6. The molecule has 0 atom stereocenters. The third kappa shape index (κ3) is 8.59. The second-order valence-electron chi connectivity index (χ2n) is 11.6. The summed E-state index contributed by atoms with van der Waals surface area (Å²) in [6.07, 6.45) is 4.29. The van der Waals surface area contributed by atoms with Gasteiger partial charge in [0.25, 0.3) is 0 Å². The molecule has 0 aliphatic carbocycles. The number of nitrogens with one attached hydrogen (secondary N) is 1. The van der Waals surface area contributed by atoms with Gasteiger partial charge >= 0.3 is 12.1 Å². The maximum absolute atomic E-state index is 13.4. The lowest BCUT2D eigenvalue weighted by Gasteiger charge is -2.19. The lowest BCUT2D eigenvalue weighted by Crippen LogP contribution is -2.34. The van der Waals surface area contributed by atoms with Gasteiger partial charge in [0.1, 0.15) is 17.9 Å². The zero-order valence-corrected chi connectivity index (χ0v) is 26.9. The maximum Gasteiger partial charge on any atom is 0.407 e. The Bertz CT molecular complexity index is 1590. The summed E-state index contributed by atoms with van der Waals surface area (Å²) in [5.74, 6) is 0.752. The van der Waals surface area contributed by atoms with E-state index in [2.05, 4.69) is 41.3 Å². The normalized spacial score (nSPS) is 11.3. The molecule has 0 unspecified atom stereocenters. The molecule has 238 valence electrons. The molecule has 1 aromatic carbocycles. The van der Waals surface area contributed by atoms with Crippen LogP contribution in [0.15, 0.2) is 61.1 Å². The van der Waals surface area contributed by atoms with E-state index in [1.54, 1.807) is 71.6 Å². The number of hydrogen-bond donors (Lipinski definition) is 1. The molecule has 45 heavy (non-hydrogen) atoms. The summed E-state index contributed by atoms with van der Waals surface area (Å²) in [7, 11) is 1.55. The Balaban J connectivity index is 1.71. The van der Waals surface area contributed by atoms with Crippen molar-refractivity contribution in [3.8, 4) is 34.0 Å². The molecule has 11 nitrogen and oxygen atoms in total. The number of aromatic nitrogens is 4. The van der Waals surface area contributed by atoms with Crippen molar-refractivity contribution in [2.45, 2.75) is 66.2 Å². The molecule has 1 N–H and O–H groups in total. The number of carbonyl (C=O) groups is 2. The van der Waals surface area contributed by atoms with E-state index in [4.69, 9.17) is 24.0 Å². The molecule has 11 heteroatoms. The summed E-state index contributed by atoms with van der Waals surface area (Å²) in [4.78, 5) is 34.5. The number of rotatable bonds is 12. The predicted octanol–water partition coefficient (Wildman–Crippen LogP) is 6.42. The minimum Gasteiger partial charge on any atom is -0.493 e. The van der Waals surface area contributed by atoms with E-state index in [9.17, 15) is 9.59 Å². The van der Waals surface area contributed by atoms with E-state index >= 15 is 0 Å². The number of hydrogen-bond acceptors (Lipinski definition) is 9. The van der Waals surface area contributed by atoms with Crippen LogP contribution in [0, 0.1) is 0 Å². The molecule has 4 aromatic rings. The predicted molar refractivity (Wildman–Crippen MR) is 170 cm³/mol. The number of methoxy groups -OCH3 is 1. The number of nitrogens with zero attached hydrogens (tertiary/aromatic N) is 4. The number of esters is 1. The molecular weight excluding hydrogens is 574 g/mol. The van der Waals surface area contributed by atoms with Crippen LogP contribution >= 0.6 is 0 Å². The molecule has 0 fully saturated rings. The van der Waals surface area contributed by atoms with Crippen molar-refractivity contribution < 1.29 is 28.5 Å². The highest BCUT2D eigenvalue weighted by Gasteiger charge is 2.28. The third-order valence-corrected chi connectivity index (χ3v) is 6.72.